The number of hydrogen-bond donors (Lipinski definition) is 0. The van der Waals surface area contributed by atoms with Crippen molar-refractivity contribution in [2.24, 2.45) is 0 Å². The van der Waals surface area contributed by atoms with E-state index in [-0.39, 0.29) is 12.4 Å². The van der Waals surface area contributed by atoms with Crippen molar-refractivity contribution >= 4 is 5.97 Å². The summed E-state index contributed by atoms with van der Waals surface area (Å²) in [6.45, 7) is 2.05. The number of benzene rings is 1. The monoisotopic (exact) mass is 212 g/mol. The number of rotatable bonds is 4. The number of esters is 1. The van der Waals surface area contributed by atoms with Gasteiger partial charge in [-0.3, -0.25) is 4.79 Å². The van der Waals surface area contributed by atoms with Gasteiger partial charge in [0.15, 0.2) is 0 Å². The molecular formula is C11H13FO3. The first-order valence-corrected chi connectivity index (χ1v) is 4.64. The van der Waals surface area contributed by atoms with Crippen LogP contribution >= 0.6 is 0 Å². The van der Waals surface area contributed by atoms with Crippen molar-refractivity contribution in [3.8, 4) is 5.75 Å². The van der Waals surface area contributed by atoms with Crippen LogP contribution in [0.5, 0.6) is 5.75 Å². The molecule has 0 bridgehead atoms. The summed E-state index contributed by atoms with van der Waals surface area (Å²) in [5, 5.41) is 0. The second-order valence-corrected chi connectivity index (χ2v) is 2.98. The van der Waals surface area contributed by atoms with Gasteiger partial charge < -0.3 is 9.47 Å². The lowest BCUT2D eigenvalue weighted by Gasteiger charge is -2.05. The summed E-state index contributed by atoms with van der Waals surface area (Å²) < 4.78 is 22.7. The molecule has 0 radical (unpaired) electrons. The summed E-state index contributed by atoms with van der Waals surface area (Å²) in [4.78, 5) is 11.1. The van der Waals surface area contributed by atoms with Crippen LogP contribution in [0.4, 0.5) is 4.39 Å². The van der Waals surface area contributed by atoms with Crippen LogP contribution in [0.2, 0.25) is 0 Å². The Balaban J connectivity index is 2.76. The minimum atomic E-state index is -0.423. The first kappa shape index (κ1) is 11.5. The third-order valence-electron chi connectivity index (χ3n) is 1.82. The normalized spacial score (nSPS) is 9.80. The van der Waals surface area contributed by atoms with E-state index < -0.39 is 5.82 Å². The zero-order valence-electron chi connectivity index (χ0n) is 8.75. The van der Waals surface area contributed by atoms with E-state index in [2.05, 4.69) is 0 Å². The molecule has 0 unspecified atom stereocenters. The number of ether oxygens (including phenoxy) is 2. The Bertz CT molecular complexity index is 350. The van der Waals surface area contributed by atoms with Crippen LogP contribution in [0.15, 0.2) is 18.2 Å². The van der Waals surface area contributed by atoms with Gasteiger partial charge in [0.05, 0.1) is 20.1 Å². The molecule has 15 heavy (non-hydrogen) atoms. The number of methoxy groups -OCH3 is 1. The maximum atomic E-state index is 13.0. The SMILES string of the molecule is CCOC(=O)Cc1cc(F)cc(OC)c1. The maximum absolute atomic E-state index is 13.0. The van der Waals surface area contributed by atoms with Crippen LogP contribution in [0.3, 0.4) is 0 Å². The Labute approximate surface area is 87.8 Å². The zero-order chi connectivity index (χ0) is 11.3. The summed E-state index contributed by atoms with van der Waals surface area (Å²) in [7, 11) is 1.45. The Morgan fingerprint density at radius 2 is 2.13 bits per heavy atom. The lowest BCUT2D eigenvalue weighted by molar-refractivity contribution is -0.142. The molecule has 1 aromatic rings. The van der Waals surface area contributed by atoms with E-state index >= 15 is 0 Å². The van der Waals surface area contributed by atoms with Gasteiger partial charge in [-0.1, -0.05) is 0 Å². The highest BCUT2D eigenvalue weighted by atomic mass is 19.1. The number of hydrogen-bond acceptors (Lipinski definition) is 3. The highest BCUT2D eigenvalue weighted by Crippen LogP contribution is 2.16. The van der Waals surface area contributed by atoms with Gasteiger partial charge in [0.1, 0.15) is 11.6 Å². The van der Waals surface area contributed by atoms with Crippen molar-refractivity contribution in [1.29, 1.82) is 0 Å². The minimum absolute atomic E-state index is 0.0575. The topological polar surface area (TPSA) is 35.5 Å². The van der Waals surface area contributed by atoms with Crippen LogP contribution in [0.1, 0.15) is 12.5 Å². The van der Waals surface area contributed by atoms with Gasteiger partial charge in [-0.05, 0) is 24.6 Å². The fraction of sp³-hybridized carbons (Fsp3) is 0.364. The molecule has 1 rings (SSSR count). The summed E-state index contributed by atoms with van der Waals surface area (Å²) in [6, 6.07) is 4.16. The largest absolute Gasteiger partial charge is 0.497 e. The fourth-order valence-electron chi connectivity index (χ4n) is 1.22. The van der Waals surface area contributed by atoms with Crippen molar-refractivity contribution in [1.82, 2.24) is 0 Å². The lowest BCUT2D eigenvalue weighted by atomic mass is 10.1. The average molecular weight is 212 g/mol. The molecule has 0 aliphatic heterocycles. The summed E-state index contributed by atoms with van der Waals surface area (Å²) in [5.41, 5.74) is 0.547. The van der Waals surface area contributed by atoms with Gasteiger partial charge in [-0.15, -0.1) is 0 Å². The van der Waals surface area contributed by atoms with Crippen LogP contribution < -0.4 is 4.74 Å². The van der Waals surface area contributed by atoms with Gasteiger partial charge in [-0.2, -0.15) is 0 Å². The van der Waals surface area contributed by atoms with Crippen molar-refractivity contribution in [3.05, 3.63) is 29.6 Å². The molecule has 0 saturated carbocycles. The summed E-state index contributed by atoms with van der Waals surface area (Å²) in [6.07, 6.45) is 0.0575. The molecule has 0 fully saturated rings. The van der Waals surface area contributed by atoms with Crippen molar-refractivity contribution in [3.63, 3.8) is 0 Å². The van der Waals surface area contributed by atoms with E-state index in [1.165, 1.54) is 19.2 Å². The second-order valence-electron chi connectivity index (χ2n) is 2.98. The summed E-state index contributed by atoms with van der Waals surface area (Å²) >= 11 is 0. The van der Waals surface area contributed by atoms with E-state index in [4.69, 9.17) is 9.47 Å². The molecule has 0 aliphatic carbocycles. The molecule has 0 aliphatic rings. The van der Waals surface area contributed by atoms with E-state index in [1.807, 2.05) is 0 Å². The smallest absolute Gasteiger partial charge is 0.310 e. The third kappa shape index (κ3) is 3.58. The highest BCUT2D eigenvalue weighted by Gasteiger charge is 2.07. The minimum Gasteiger partial charge on any atom is -0.497 e. The molecule has 0 atom stereocenters. The van der Waals surface area contributed by atoms with Gasteiger partial charge in [-0.25, -0.2) is 4.39 Å². The Morgan fingerprint density at radius 1 is 1.40 bits per heavy atom. The molecule has 0 spiro atoms. The van der Waals surface area contributed by atoms with E-state index in [0.717, 1.165) is 0 Å². The maximum Gasteiger partial charge on any atom is 0.310 e. The number of halogens is 1. The molecule has 0 saturated heterocycles. The fourth-order valence-corrected chi connectivity index (χ4v) is 1.22. The molecule has 0 heterocycles. The zero-order valence-corrected chi connectivity index (χ0v) is 8.75. The van der Waals surface area contributed by atoms with Crippen molar-refractivity contribution in [2.45, 2.75) is 13.3 Å². The Hall–Kier alpha value is -1.58. The van der Waals surface area contributed by atoms with Crippen LogP contribution in [0.25, 0.3) is 0 Å². The first-order valence-electron chi connectivity index (χ1n) is 4.64. The molecule has 0 N–H and O–H groups in total. The average Bonchev–Trinajstić information content (AvgIpc) is 2.17. The van der Waals surface area contributed by atoms with Gasteiger partial charge >= 0.3 is 5.97 Å². The van der Waals surface area contributed by atoms with E-state index in [9.17, 15) is 9.18 Å². The van der Waals surface area contributed by atoms with Crippen LogP contribution in [-0.2, 0) is 16.0 Å². The molecule has 1 aromatic carbocycles. The number of carbonyl (C=O) groups is 1. The molecule has 0 amide bonds. The van der Waals surface area contributed by atoms with Crippen molar-refractivity contribution < 1.29 is 18.7 Å². The molecule has 4 heteroatoms. The van der Waals surface area contributed by atoms with Crippen LogP contribution in [-0.4, -0.2) is 19.7 Å². The lowest BCUT2D eigenvalue weighted by Crippen LogP contribution is -2.07. The Kier molecular flexibility index (Phi) is 4.09. The quantitative estimate of drug-likeness (QED) is 0.715. The molecule has 0 aromatic heterocycles. The van der Waals surface area contributed by atoms with Gasteiger partial charge in [0.2, 0.25) is 0 Å². The predicted octanol–water partition coefficient (Wildman–Crippen LogP) is 1.94. The summed E-state index contributed by atoms with van der Waals surface area (Å²) in [5.74, 6) is -0.395. The first-order chi connectivity index (χ1) is 7.15. The molecule has 82 valence electrons. The standard InChI is InChI=1S/C11H13FO3/c1-3-15-11(13)6-8-4-9(12)7-10(5-8)14-2/h4-5,7H,3,6H2,1-2H3. The van der Waals surface area contributed by atoms with Crippen molar-refractivity contribution in [2.75, 3.05) is 13.7 Å². The molecule has 3 nitrogen and oxygen atoms in total. The van der Waals surface area contributed by atoms with Gasteiger partial charge in [0, 0.05) is 6.07 Å². The third-order valence-corrected chi connectivity index (χ3v) is 1.82. The number of carbonyl (C=O) groups excluding carboxylic acids is 1. The predicted molar refractivity (Wildman–Crippen MR) is 53.3 cm³/mol. The second kappa shape index (κ2) is 5.34. The van der Waals surface area contributed by atoms with Gasteiger partial charge in [0.25, 0.3) is 0 Å². The van der Waals surface area contributed by atoms with Crippen LogP contribution in [0, 0.1) is 5.82 Å². The Morgan fingerprint density at radius 3 is 2.73 bits per heavy atom. The van der Waals surface area contributed by atoms with E-state index in [0.29, 0.717) is 17.9 Å². The highest BCUT2D eigenvalue weighted by molar-refractivity contribution is 5.72. The molecular weight excluding hydrogens is 199 g/mol. The van der Waals surface area contributed by atoms with E-state index in [1.54, 1.807) is 13.0 Å².